The van der Waals surface area contributed by atoms with E-state index in [0.29, 0.717) is 35.5 Å². The standard InChI is InChI=1S/C27H37N7O2S/c1-35-22-15-14-18(16-23(22)36-2)21-17-24(37-3)34(32-21)27-30-25(28)29-26(31-27)33(19-10-6-4-7-11-19)20-12-8-5-9-13-20/h14-17,19-20H,4-13H2,1-3H3,(H2,28,29,30,31). The molecule has 2 aliphatic carbocycles. The Labute approximate surface area is 223 Å². The van der Waals surface area contributed by atoms with Crippen molar-refractivity contribution in [2.45, 2.75) is 81.3 Å². The topological polar surface area (TPSA) is 104 Å². The van der Waals surface area contributed by atoms with Crippen LogP contribution in [-0.4, -0.2) is 57.3 Å². The van der Waals surface area contributed by atoms with Gasteiger partial charge in [0, 0.05) is 17.6 Å². The van der Waals surface area contributed by atoms with Crippen LogP contribution in [-0.2, 0) is 0 Å². The molecule has 2 fully saturated rings. The van der Waals surface area contributed by atoms with E-state index in [1.54, 1.807) is 30.7 Å². The van der Waals surface area contributed by atoms with E-state index < -0.39 is 0 Å². The molecule has 0 bridgehead atoms. The molecule has 2 heterocycles. The third-order valence-electron chi connectivity index (χ3n) is 7.55. The van der Waals surface area contributed by atoms with Crippen LogP contribution in [0.5, 0.6) is 11.5 Å². The minimum Gasteiger partial charge on any atom is -0.493 e. The molecular weight excluding hydrogens is 486 g/mol. The fourth-order valence-electron chi connectivity index (χ4n) is 5.71. The average Bonchev–Trinajstić information content (AvgIpc) is 3.38. The van der Waals surface area contributed by atoms with Crippen molar-refractivity contribution in [3.63, 3.8) is 0 Å². The van der Waals surface area contributed by atoms with Crippen LogP contribution in [0.1, 0.15) is 64.2 Å². The number of nitrogen functional groups attached to an aromatic ring is 1. The smallest absolute Gasteiger partial charge is 0.258 e. The van der Waals surface area contributed by atoms with E-state index in [4.69, 9.17) is 25.3 Å². The van der Waals surface area contributed by atoms with Gasteiger partial charge in [-0.15, -0.1) is 11.8 Å². The fraction of sp³-hybridized carbons (Fsp3) is 0.556. The number of benzene rings is 1. The van der Waals surface area contributed by atoms with Gasteiger partial charge in [-0.3, -0.25) is 0 Å². The number of nitrogens with zero attached hydrogens (tertiary/aromatic N) is 6. The fourth-order valence-corrected chi connectivity index (χ4v) is 6.24. The molecule has 2 aromatic heterocycles. The molecule has 0 saturated heterocycles. The predicted molar refractivity (Wildman–Crippen MR) is 148 cm³/mol. The number of hydrogen-bond acceptors (Lipinski definition) is 9. The molecule has 2 N–H and O–H groups in total. The Bertz CT molecular complexity index is 1190. The summed E-state index contributed by atoms with van der Waals surface area (Å²) in [5.41, 5.74) is 8.02. The van der Waals surface area contributed by atoms with Gasteiger partial charge in [0.05, 0.1) is 19.9 Å². The van der Waals surface area contributed by atoms with Crippen molar-refractivity contribution < 1.29 is 9.47 Å². The average molecular weight is 524 g/mol. The Morgan fingerprint density at radius 1 is 0.865 bits per heavy atom. The first-order chi connectivity index (χ1) is 18.1. The van der Waals surface area contributed by atoms with Crippen LogP contribution >= 0.6 is 11.8 Å². The highest BCUT2D eigenvalue weighted by molar-refractivity contribution is 7.98. The first kappa shape index (κ1) is 25.6. The molecule has 198 valence electrons. The van der Waals surface area contributed by atoms with Crippen molar-refractivity contribution in [2.24, 2.45) is 0 Å². The van der Waals surface area contributed by atoms with E-state index >= 15 is 0 Å². The molecule has 9 nitrogen and oxygen atoms in total. The zero-order valence-electron chi connectivity index (χ0n) is 22.0. The Balaban J connectivity index is 1.54. The van der Waals surface area contributed by atoms with Gasteiger partial charge in [-0.25, -0.2) is 0 Å². The summed E-state index contributed by atoms with van der Waals surface area (Å²) < 4.78 is 12.7. The summed E-state index contributed by atoms with van der Waals surface area (Å²) in [4.78, 5) is 16.7. The zero-order valence-corrected chi connectivity index (χ0v) is 22.8. The van der Waals surface area contributed by atoms with E-state index in [-0.39, 0.29) is 5.95 Å². The highest BCUT2D eigenvalue weighted by atomic mass is 32.2. The number of rotatable bonds is 8. The van der Waals surface area contributed by atoms with Crippen LogP contribution in [0.4, 0.5) is 11.9 Å². The molecule has 37 heavy (non-hydrogen) atoms. The second-order valence-electron chi connectivity index (χ2n) is 9.84. The SMILES string of the molecule is COc1ccc(-c2cc(SC)n(-c3nc(N)nc(N(C4CCCCC4)C4CCCCC4)n3)n2)cc1OC. The molecule has 10 heteroatoms. The molecule has 1 aromatic carbocycles. The van der Waals surface area contributed by atoms with Gasteiger partial charge in [-0.1, -0.05) is 38.5 Å². The van der Waals surface area contributed by atoms with E-state index in [0.717, 1.165) is 16.3 Å². The zero-order chi connectivity index (χ0) is 25.8. The van der Waals surface area contributed by atoms with Gasteiger partial charge in [0.1, 0.15) is 5.03 Å². The maximum absolute atomic E-state index is 6.31. The summed E-state index contributed by atoms with van der Waals surface area (Å²) in [6, 6.07) is 8.72. The monoisotopic (exact) mass is 523 g/mol. The second-order valence-corrected chi connectivity index (χ2v) is 10.7. The summed E-state index contributed by atoms with van der Waals surface area (Å²) >= 11 is 1.59. The highest BCUT2D eigenvalue weighted by Gasteiger charge is 2.32. The summed E-state index contributed by atoms with van der Waals surface area (Å²) in [6.07, 6.45) is 14.4. The lowest BCUT2D eigenvalue weighted by Gasteiger charge is -2.41. The number of aromatic nitrogens is 5. The molecule has 3 aromatic rings. The number of ether oxygens (including phenoxy) is 2. The summed E-state index contributed by atoms with van der Waals surface area (Å²) in [7, 11) is 3.26. The maximum Gasteiger partial charge on any atom is 0.258 e. The quantitative estimate of drug-likeness (QED) is 0.382. The molecule has 0 atom stereocenters. The summed E-state index contributed by atoms with van der Waals surface area (Å²) in [5.74, 6) is 2.71. The largest absolute Gasteiger partial charge is 0.493 e. The lowest BCUT2D eigenvalue weighted by Crippen LogP contribution is -2.46. The van der Waals surface area contributed by atoms with Crippen LogP contribution in [0, 0.1) is 0 Å². The Morgan fingerprint density at radius 2 is 1.51 bits per heavy atom. The van der Waals surface area contributed by atoms with E-state index in [9.17, 15) is 0 Å². The van der Waals surface area contributed by atoms with Crippen LogP contribution < -0.4 is 20.1 Å². The summed E-state index contributed by atoms with van der Waals surface area (Å²) in [6.45, 7) is 0. The van der Waals surface area contributed by atoms with Gasteiger partial charge in [-0.05, 0) is 56.2 Å². The van der Waals surface area contributed by atoms with Crippen molar-refractivity contribution in [1.29, 1.82) is 0 Å². The molecule has 5 rings (SSSR count). The Kier molecular flexibility index (Phi) is 8.02. The minimum absolute atomic E-state index is 0.229. The van der Waals surface area contributed by atoms with Gasteiger partial charge in [0.15, 0.2) is 11.5 Å². The van der Waals surface area contributed by atoms with Crippen LogP contribution in [0.3, 0.4) is 0 Å². The van der Waals surface area contributed by atoms with Crippen molar-refractivity contribution in [3.05, 3.63) is 24.3 Å². The third-order valence-corrected chi connectivity index (χ3v) is 8.26. The highest BCUT2D eigenvalue weighted by Crippen LogP contribution is 2.35. The first-order valence-corrected chi connectivity index (χ1v) is 14.5. The first-order valence-electron chi connectivity index (χ1n) is 13.3. The van der Waals surface area contributed by atoms with Crippen LogP contribution in [0.15, 0.2) is 29.3 Å². The number of anilines is 2. The molecule has 0 unspecified atom stereocenters. The number of hydrogen-bond donors (Lipinski definition) is 1. The van der Waals surface area contributed by atoms with Gasteiger partial charge in [0.2, 0.25) is 11.9 Å². The Hall–Kier alpha value is -3.01. The van der Waals surface area contributed by atoms with E-state index in [1.807, 2.05) is 30.5 Å². The maximum atomic E-state index is 6.31. The van der Waals surface area contributed by atoms with E-state index in [2.05, 4.69) is 14.9 Å². The van der Waals surface area contributed by atoms with Gasteiger partial charge < -0.3 is 20.1 Å². The lowest BCUT2D eigenvalue weighted by atomic mass is 9.89. The van der Waals surface area contributed by atoms with Crippen molar-refractivity contribution >= 4 is 23.7 Å². The van der Waals surface area contributed by atoms with Crippen molar-refractivity contribution in [2.75, 3.05) is 31.1 Å². The number of nitrogens with two attached hydrogens (primary N) is 1. The second kappa shape index (κ2) is 11.6. The van der Waals surface area contributed by atoms with Gasteiger partial charge >= 0.3 is 0 Å². The molecule has 2 saturated carbocycles. The van der Waals surface area contributed by atoms with Crippen LogP contribution in [0.25, 0.3) is 17.2 Å². The van der Waals surface area contributed by atoms with E-state index in [1.165, 1.54) is 64.2 Å². The molecule has 2 aliphatic rings. The summed E-state index contributed by atoms with van der Waals surface area (Å²) in [5, 5.41) is 5.81. The molecule has 0 amide bonds. The van der Waals surface area contributed by atoms with Crippen molar-refractivity contribution in [3.8, 4) is 28.7 Å². The third kappa shape index (κ3) is 5.49. The number of thioether (sulfide) groups is 1. The normalized spacial score (nSPS) is 17.1. The minimum atomic E-state index is 0.229. The molecule has 0 spiro atoms. The number of methoxy groups -OCH3 is 2. The molecule has 0 aliphatic heterocycles. The Morgan fingerprint density at radius 3 is 2.11 bits per heavy atom. The lowest BCUT2D eigenvalue weighted by molar-refractivity contribution is 0.335. The molecule has 0 radical (unpaired) electrons. The van der Waals surface area contributed by atoms with Gasteiger partial charge in [-0.2, -0.15) is 24.7 Å². The van der Waals surface area contributed by atoms with Crippen molar-refractivity contribution in [1.82, 2.24) is 24.7 Å². The van der Waals surface area contributed by atoms with Crippen LogP contribution in [0.2, 0.25) is 0 Å². The molecular formula is C27H37N7O2S. The predicted octanol–water partition coefficient (Wildman–Crippen LogP) is 5.52. The van der Waals surface area contributed by atoms with Gasteiger partial charge in [0.25, 0.3) is 5.95 Å².